The molecule has 2 aromatic rings. The molecule has 0 aliphatic carbocycles. The molecule has 5 nitrogen and oxygen atoms in total. The average molecular weight is 289 g/mol. The minimum absolute atomic E-state index is 0.0809. The summed E-state index contributed by atoms with van der Waals surface area (Å²) in [5.74, 6) is 0.872. The van der Waals surface area contributed by atoms with Crippen molar-refractivity contribution in [2.75, 3.05) is 38.2 Å². The number of aliphatic hydroxyl groups is 2. The molecule has 0 aliphatic rings. The molecule has 1 aromatic heterocycles. The fourth-order valence-electron chi connectivity index (χ4n) is 2.39. The Hall–Kier alpha value is -1.69. The molecule has 3 N–H and O–H groups in total. The Morgan fingerprint density at radius 2 is 1.86 bits per heavy atom. The Balaban J connectivity index is 2.32. The van der Waals surface area contributed by atoms with E-state index >= 15 is 0 Å². The Kier molecular flexibility index (Phi) is 5.92. The molecule has 0 unspecified atom stereocenters. The first-order valence-corrected chi connectivity index (χ1v) is 7.35. The first-order valence-electron chi connectivity index (χ1n) is 7.35. The Bertz CT molecular complexity index is 568. The van der Waals surface area contributed by atoms with Crippen LogP contribution in [0.25, 0.3) is 10.9 Å². The minimum atomic E-state index is 0.0809. The third-order valence-electron chi connectivity index (χ3n) is 3.37. The summed E-state index contributed by atoms with van der Waals surface area (Å²) in [4.78, 5) is 6.70. The number of hydrogen-bond donors (Lipinski definition) is 3. The van der Waals surface area contributed by atoms with Crippen LogP contribution in [0, 0.1) is 0 Å². The van der Waals surface area contributed by atoms with E-state index < -0.39 is 0 Å². The Labute approximate surface area is 125 Å². The lowest BCUT2D eigenvalue weighted by Crippen LogP contribution is -2.29. The SMILES string of the molecule is CCNc1nc2ccccc2cc1CN(CCO)CCO. The normalized spacial score (nSPS) is 11.2. The molecule has 0 saturated heterocycles. The van der Waals surface area contributed by atoms with Crippen LogP contribution < -0.4 is 5.32 Å². The van der Waals surface area contributed by atoms with E-state index in [9.17, 15) is 0 Å². The molecule has 0 radical (unpaired) electrons. The van der Waals surface area contributed by atoms with Crippen molar-refractivity contribution >= 4 is 16.7 Å². The van der Waals surface area contributed by atoms with Gasteiger partial charge in [-0.25, -0.2) is 4.98 Å². The van der Waals surface area contributed by atoms with Crippen molar-refractivity contribution in [3.05, 3.63) is 35.9 Å². The number of nitrogens with zero attached hydrogens (tertiary/aromatic N) is 2. The van der Waals surface area contributed by atoms with E-state index in [0.29, 0.717) is 19.6 Å². The number of aliphatic hydroxyl groups excluding tert-OH is 2. The molecular formula is C16H23N3O2. The zero-order chi connectivity index (χ0) is 15.1. The van der Waals surface area contributed by atoms with Gasteiger partial charge in [0.05, 0.1) is 18.7 Å². The fraction of sp³-hybridized carbons (Fsp3) is 0.438. The lowest BCUT2D eigenvalue weighted by molar-refractivity contribution is 0.156. The van der Waals surface area contributed by atoms with Crippen LogP contribution in [0.3, 0.4) is 0 Å². The maximum atomic E-state index is 9.13. The van der Waals surface area contributed by atoms with Crippen LogP contribution in [0.5, 0.6) is 0 Å². The van der Waals surface area contributed by atoms with Crippen molar-refractivity contribution in [3.8, 4) is 0 Å². The summed E-state index contributed by atoms with van der Waals surface area (Å²) in [7, 11) is 0. The van der Waals surface area contributed by atoms with Crippen LogP contribution in [-0.4, -0.2) is 52.9 Å². The van der Waals surface area contributed by atoms with E-state index in [1.54, 1.807) is 0 Å². The summed E-state index contributed by atoms with van der Waals surface area (Å²) < 4.78 is 0. The van der Waals surface area contributed by atoms with Gasteiger partial charge in [-0.3, -0.25) is 4.90 Å². The number of rotatable bonds is 8. The zero-order valence-corrected chi connectivity index (χ0v) is 12.4. The van der Waals surface area contributed by atoms with Gasteiger partial charge >= 0.3 is 0 Å². The first kappa shape index (κ1) is 15.7. The third-order valence-corrected chi connectivity index (χ3v) is 3.37. The molecular weight excluding hydrogens is 266 g/mol. The molecule has 0 spiro atoms. The van der Waals surface area contributed by atoms with E-state index in [1.165, 1.54) is 0 Å². The van der Waals surface area contributed by atoms with Gasteiger partial charge < -0.3 is 15.5 Å². The van der Waals surface area contributed by atoms with Gasteiger partial charge in [-0.1, -0.05) is 18.2 Å². The second kappa shape index (κ2) is 7.93. The maximum absolute atomic E-state index is 9.13. The van der Waals surface area contributed by atoms with Crippen LogP contribution in [0.1, 0.15) is 12.5 Å². The molecule has 5 heteroatoms. The predicted octanol–water partition coefficient (Wildman–Crippen LogP) is 1.45. The summed E-state index contributed by atoms with van der Waals surface area (Å²) in [6, 6.07) is 10.2. The van der Waals surface area contributed by atoms with Gasteiger partial charge in [0, 0.05) is 37.1 Å². The van der Waals surface area contributed by atoms with Crippen LogP contribution in [0.4, 0.5) is 5.82 Å². The smallest absolute Gasteiger partial charge is 0.131 e. The van der Waals surface area contributed by atoms with E-state index in [4.69, 9.17) is 10.2 Å². The lowest BCUT2D eigenvalue weighted by Gasteiger charge is -2.22. The third kappa shape index (κ3) is 4.14. The highest BCUT2D eigenvalue weighted by Crippen LogP contribution is 2.21. The monoisotopic (exact) mass is 289 g/mol. The van der Waals surface area contributed by atoms with Crippen LogP contribution >= 0.6 is 0 Å². The number of para-hydroxylation sites is 1. The molecule has 0 amide bonds. The second-order valence-electron chi connectivity index (χ2n) is 4.94. The second-order valence-corrected chi connectivity index (χ2v) is 4.94. The van der Waals surface area contributed by atoms with Crippen molar-refractivity contribution in [1.82, 2.24) is 9.88 Å². The molecule has 114 valence electrons. The number of aromatic nitrogens is 1. The van der Waals surface area contributed by atoms with Crippen LogP contribution in [-0.2, 0) is 6.54 Å². The lowest BCUT2D eigenvalue weighted by atomic mass is 10.1. The highest BCUT2D eigenvalue weighted by Gasteiger charge is 2.11. The fourth-order valence-corrected chi connectivity index (χ4v) is 2.39. The maximum Gasteiger partial charge on any atom is 0.131 e. The van der Waals surface area contributed by atoms with Crippen LogP contribution in [0.2, 0.25) is 0 Å². The summed E-state index contributed by atoms with van der Waals surface area (Å²) >= 11 is 0. The van der Waals surface area contributed by atoms with E-state index in [2.05, 4.69) is 16.4 Å². The van der Waals surface area contributed by atoms with E-state index in [0.717, 1.165) is 28.8 Å². The van der Waals surface area contributed by atoms with Gasteiger partial charge in [-0.05, 0) is 19.1 Å². The van der Waals surface area contributed by atoms with Gasteiger partial charge in [0.1, 0.15) is 5.82 Å². The largest absolute Gasteiger partial charge is 0.395 e. The van der Waals surface area contributed by atoms with Gasteiger partial charge in [0.25, 0.3) is 0 Å². The molecule has 2 rings (SSSR count). The van der Waals surface area contributed by atoms with Gasteiger partial charge in [0.15, 0.2) is 0 Å². The standard InChI is InChI=1S/C16H23N3O2/c1-2-17-16-14(12-19(7-9-20)8-10-21)11-13-5-3-4-6-15(13)18-16/h3-6,11,20-21H,2,7-10,12H2,1H3,(H,17,18). The quantitative estimate of drug-likeness (QED) is 0.686. The number of anilines is 1. The summed E-state index contributed by atoms with van der Waals surface area (Å²) in [6.45, 7) is 4.74. The molecule has 0 saturated carbocycles. The first-order chi connectivity index (χ1) is 10.3. The minimum Gasteiger partial charge on any atom is -0.395 e. The van der Waals surface area contributed by atoms with Gasteiger partial charge in [0.2, 0.25) is 0 Å². The van der Waals surface area contributed by atoms with Crippen molar-refractivity contribution in [1.29, 1.82) is 0 Å². The number of benzene rings is 1. The number of pyridine rings is 1. The number of fused-ring (bicyclic) bond motifs is 1. The summed E-state index contributed by atoms with van der Waals surface area (Å²) in [6.07, 6.45) is 0. The van der Waals surface area contributed by atoms with Crippen molar-refractivity contribution in [2.45, 2.75) is 13.5 Å². The average Bonchev–Trinajstić information content (AvgIpc) is 2.48. The zero-order valence-electron chi connectivity index (χ0n) is 12.4. The van der Waals surface area contributed by atoms with Crippen LogP contribution in [0.15, 0.2) is 30.3 Å². The molecule has 1 aromatic carbocycles. The highest BCUT2D eigenvalue weighted by atomic mass is 16.3. The predicted molar refractivity (Wildman–Crippen MR) is 85.4 cm³/mol. The molecule has 21 heavy (non-hydrogen) atoms. The Morgan fingerprint density at radius 3 is 2.52 bits per heavy atom. The summed E-state index contributed by atoms with van der Waals surface area (Å²) in [5, 5.41) is 22.7. The van der Waals surface area contributed by atoms with E-state index in [1.807, 2.05) is 36.1 Å². The molecule has 0 bridgehead atoms. The number of hydrogen-bond acceptors (Lipinski definition) is 5. The topological polar surface area (TPSA) is 68.6 Å². The Morgan fingerprint density at radius 1 is 1.14 bits per heavy atom. The van der Waals surface area contributed by atoms with Crippen molar-refractivity contribution in [2.24, 2.45) is 0 Å². The highest BCUT2D eigenvalue weighted by molar-refractivity contribution is 5.81. The number of nitrogens with one attached hydrogen (secondary N) is 1. The summed E-state index contributed by atoms with van der Waals surface area (Å²) in [5.41, 5.74) is 2.05. The van der Waals surface area contributed by atoms with Crippen molar-refractivity contribution < 1.29 is 10.2 Å². The van der Waals surface area contributed by atoms with Gasteiger partial charge in [-0.2, -0.15) is 0 Å². The molecule has 0 fully saturated rings. The molecule has 0 atom stereocenters. The van der Waals surface area contributed by atoms with E-state index in [-0.39, 0.29) is 13.2 Å². The molecule has 1 heterocycles. The van der Waals surface area contributed by atoms with Gasteiger partial charge in [-0.15, -0.1) is 0 Å². The van der Waals surface area contributed by atoms with Crippen molar-refractivity contribution in [3.63, 3.8) is 0 Å². The molecule has 0 aliphatic heterocycles.